The van der Waals surface area contributed by atoms with Gasteiger partial charge in [-0.05, 0) is 56.9 Å². The standard InChI is InChI=1S/C18H26N6/c1-24-17(10-12-2-3-12)15(11-21-24)16-8-9-20-18(23-16)22-14-6-4-13(19)5-7-14/h8-9,11-14H,2-7,10,19H2,1H3,(H,20,22,23)/t13-,14-. The van der Waals surface area contributed by atoms with Crippen molar-refractivity contribution >= 4 is 5.95 Å². The van der Waals surface area contributed by atoms with Crippen molar-refractivity contribution < 1.29 is 0 Å². The van der Waals surface area contributed by atoms with Crippen molar-refractivity contribution in [3.05, 3.63) is 24.2 Å². The Morgan fingerprint density at radius 2 is 2.00 bits per heavy atom. The average Bonchev–Trinajstić information content (AvgIpc) is 3.33. The molecule has 6 nitrogen and oxygen atoms in total. The Kier molecular flexibility index (Phi) is 4.22. The lowest BCUT2D eigenvalue weighted by Gasteiger charge is -2.26. The Labute approximate surface area is 142 Å². The highest BCUT2D eigenvalue weighted by molar-refractivity contribution is 5.62. The molecule has 0 radical (unpaired) electrons. The molecule has 0 atom stereocenters. The summed E-state index contributed by atoms with van der Waals surface area (Å²) < 4.78 is 1.99. The van der Waals surface area contributed by atoms with Crippen LogP contribution in [0.4, 0.5) is 5.95 Å². The predicted molar refractivity (Wildman–Crippen MR) is 94.5 cm³/mol. The third kappa shape index (κ3) is 3.43. The van der Waals surface area contributed by atoms with Crippen LogP contribution in [0.3, 0.4) is 0 Å². The summed E-state index contributed by atoms with van der Waals surface area (Å²) in [5, 5.41) is 7.94. The molecule has 2 fully saturated rings. The van der Waals surface area contributed by atoms with E-state index in [4.69, 9.17) is 10.7 Å². The van der Waals surface area contributed by atoms with E-state index in [1.165, 1.54) is 18.5 Å². The first-order chi connectivity index (χ1) is 11.7. The summed E-state index contributed by atoms with van der Waals surface area (Å²) in [4.78, 5) is 9.16. The van der Waals surface area contributed by atoms with Gasteiger partial charge < -0.3 is 11.1 Å². The molecule has 2 aromatic heterocycles. The second kappa shape index (κ2) is 6.51. The maximum Gasteiger partial charge on any atom is 0.223 e. The number of rotatable bonds is 5. The Bertz CT molecular complexity index is 697. The SMILES string of the molecule is Cn1ncc(-c2ccnc(N[C@H]3CC[C@H](N)CC3)n2)c1CC1CC1. The average molecular weight is 326 g/mol. The van der Waals surface area contributed by atoms with Crippen molar-refractivity contribution in [2.75, 3.05) is 5.32 Å². The summed E-state index contributed by atoms with van der Waals surface area (Å²) in [7, 11) is 2.02. The molecule has 24 heavy (non-hydrogen) atoms. The van der Waals surface area contributed by atoms with E-state index in [1.54, 1.807) is 0 Å². The fourth-order valence-corrected chi connectivity index (χ4v) is 3.54. The highest BCUT2D eigenvalue weighted by Crippen LogP contribution is 2.35. The molecule has 2 aliphatic rings. The van der Waals surface area contributed by atoms with Gasteiger partial charge in [0.1, 0.15) is 0 Å². The summed E-state index contributed by atoms with van der Waals surface area (Å²) in [6, 6.07) is 2.77. The second-order valence-electron chi connectivity index (χ2n) is 7.30. The molecule has 0 aromatic carbocycles. The highest BCUT2D eigenvalue weighted by atomic mass is 15.3. The van der Waals surface area contributed by atoms with Crippen LogP contribution in [0.1, 0.15) is 44.2 Å². The van der Waals surface area contributed by atoms with Gasteiger partial charge in [0.25, 0.3) is 0 Å². The van der Waals surface area contributed by atoms with E-state index in [1.807, 2.05) is 30.2 Å². The Balaban J connectivity index is 1.52. The monoisotopic (exact) mass is 326 g/mol. The first-order valence-corrected chi connectivity index (χ1v) is 9.05. The number of hydrogen-bond donors (Lipinski definition) is 2. The van der Waals surface area contributed by atoms with Gasteiger partial charge in [-0.25, -0.2) is 9.97 Å². The maximum absolute atomic E-state index is 5.99. The van der Waals surface area contributed by atoms with Crippen LogP contribution >= 0.6 is 0 Å². The van der Waals surface area contributed by atoms with Gasteiger partial charge in [0.05, 0.1) is 11.9 Å². The van der Waals surface area contributed by atoms with E-state index >= 15 is 0 Å². The molecule has 2 aliphatic carbocycles. The summed E-state index contributed by atoms with van der Waals surface area (Å²) in [6.07, 6.45) is 11.9. The zero-order valence-electron chi connectivity index (χ0n) is 14.3. The Morgan fingerprint density at radius 1 is 1.21 bits per heavy atom. The summed E-state index contributed by atoms with van der Waals surface area (Å²) in [5.74, 6) is 1.54. The van der Waals surface area contributed by atoms with Gasteiger partial charge in [0, 0.05) is 36.6 Å². The van der Waals surface area contributed by atoms with E-state index in [2.05, 4.69) is 15.4 Å². The fraction of sp³-hybridized carbons (Fsp3) is 0.611. The van der Waals surface area contributed by atoms with Crippen LogP contribution in [-0.2, 0) is 13.5 Å². The quantitative estimate of drug-likeness (QED) is 0.882. The fourth-order valence-electron chi connectivity index (χ4n) is 3.54. The number of anilines is 1. The number of aryl methyl sites for hydroxylation is 1. The van der Waals surface area contributed by atoms with Crippen LogP contribution in [0.5, 0.6) is 0 Å². The summed E-state index contributed by atoms with van der Waals surface area (Å²) in [6.45, 7) is 0. The largest absolute Gasteiger partial charge is 0.351 e. The van der Waals surface area contributed by atoms with Crippen molar-refractivity contribution in [3.63, 3.8) is 0 Å². The summed E-state index contributed by atoms with van der Waals surface area (Å²) >= 11 is 0. The predicted octanol–water partition coefficient (Wildman–Crippen LogP) is 2.51. The van der Waals surface area contributed by atoms with Gasteiger partial charge in [-0.15, -0.1) is 0 Å². The number of nitrogens with zero attached hydrogens (tertiary/aromatic N) is 4. The molecule has 0 bridgehead atoms. The van der Waals surface area contributed by atoms with Crippen LogP contribution < -0.4 is 11.1 Å². The molecule has 0 unspecified atom stereocenters. The molecule has 0 amide bonds. The molecule has 0 aliphatic heterocycles. The van der Waals surface area contributed by atoms with E-state index in [0.717, 1.165) is 49.3 Å². The van der Waals surface area contributed by atoms with Gasteiger partial charge in [0.15, 0.2) is 0 Å². The lowest BCUT2D eigenvalue weighted by Crippen LogP contribution is -2.33. The molecule has 4 rings (SSSR count). The van der Waals surface area contributed by atoms with E-state index in [0.29, 0.717) is 18.0 Å². The first kappa shape index (κ1) is 15.6. The lowest BCUT2D eigenvalue weighted by molar-refractivity contribution is 0.410. The Hall–Kier alpha value is -1.95. The molecule has 3 N–H and O–H groups in total. The zero-order valence-corrected chi connectivity index (χ0v) is 14.3. The minimum atomic E-state index is 0.357. The van der Waals surface area contributed by atoms with Crippen LogP contribution in [0.2, 0.25) is 0 Å². The van der Waals surface area contributed by atoms with E-state index in [9.17, 15) is 0 Å². The smallest absolute Gasteiger partial charge is 0.223 e. The molecular weight excluding hydrogens is 300 g/mol. The van der Waals surface area contributed by atoms with Crippen molar-refractivity contribution in [1.29, 1.82) is 0 Å². The van der Waals surface area contributed by atoms with E-state index in [-0.39, 0.29) is 0 Å². The molecule has 0 spiro atoms. The third-order valence-electron chi connectivity index (χ3n) is 5.28. The van der Waals surface area contributed by atoms with Crippen LogP contribution in [0.15, 0.2) is 18.5 Å². The number of aromatic nitrogens is 4. The third-order valence-corrected chi connectivity index (χ3v) is 5.28. The molecule has 2 aromatic rings. The van der Waals surface area contributed by atoms with Crippen molar-refractivity contribution in [2.24, 2.45) is 18.7 Å². The van der Waals surface area contributed by atoms with Crippen molar-refractivity contribution in [1.82, 2.24) is 19.7 Å². The molecule has 128 valence electrons. The minimum Gasteiger partial charge on any atom is -0.351 e. The number of nitrogens with one attached hydrogen (secondary N) is 1. The normalized spacial score (nSPS) is 24.1. The van der Waals surface area contributed by atoms with Crippen molar-refractivity contribution in [3.8, 4) is 11.3 Å². The zero-order chi connectivity index (χ0) is 16.5. The first-order valence-electron chi connectivity index (χ1n) is 9.05. The number of nitrogens with two attached hydrogens (primary N) is 1. The van der Waals surface area contributed by atoms with Crippen LogP contribution in [-0.4, -0.2) is 31.8 Å². The topological polar surface area (TPSA) is 81.7 Å². The molecule has 6 heteroatoms. The van der Waals surface area contributed by atoms with Crippen LogP contribution in [0.25, 0.3) is 11.3 Å². The molecule has 2 heterocycles. The molecule has 0 saturated heterocycles. The molecular formula is C18H26N6. The van der Waals surface area contributed by atoms with Gasteiger partial charge in [-0.1, -0.05) is 0 Å². The van der Waals surface area contributed by atoms with Gasteiger partial charge in [-0.3, -0.25) is 4.68 Å². The summed E-state index contributed by atoms with van der Waals surface area (Å²) in [5.41, 5.74) is 9.37. The second-order valence-corrected chi connectivity index (χ2v) is 7.30. The van der Waals surface area contributed by atoms with Gasteiger partial charge in [-0.2, -0.15) is 5.10 Å². The molecule has 2 saturated carbocycles. The Morgan fingerprint density at radius 3 is 2.75 bits per heavy atom. The minimum absolute atomic E-state index is 0.357. The van der Waals surface area contributed by atoms with Crippen LogP contribution in [0, 0.1) is 5.92 Å². The highest BCUT2D eigenvalue weighted by Gasteiger charge is 2.25. The van der Waals surface area contributed by atoms with Gasteiger partial charge in [0.2, 0.25) is 5.95 Å². The van der Waals surface area contributed by atoms with E-state index < -0.39 is 0 Å². The maximum atomic E-state index is 5.99. The number of hydrogen-bond acceptors (Lipinski definition) is 5. The lowest BCUT2D eigenvalue weighted by atomic mass is 9.92. The van der Waals surface area contributed by atoms with Crippen molar-refractivity contribution in [2.45, 2.75) is 57.0 Å². The van der Waals surface area contributed by atoms with Gasteiger partial charge >= 0.3 is 0 Å².